The second kappa shape index (κ2) is 8.48. The van der Waals surface area contributed by atoms with Crippen molar-refractivity contribution in [1.29, 1.82) is 0 Å². The van der Waals surface area contributed by atoms with E-state index in [1.54, 1.807) is 24.2 Å². The quantitative estimate of drug-likeness (QED) is 0.714. The van der Waals surface area contributed by atoms with E-state index in [9.17, 15) is 4.79 Å². The van der Waals surface area contributed by atoms with Crippen molar-refractivity contribution >= 4 is 39.4 Å². The summed E-state index contributed by atoms with van der Waals surface area (Å²) in [5.41, 5.74) is 0. The highest BCUT2D eigenvalue weighted by Gasteiger charge is 2.21. The summed E-state index contributed by atoms with van der Waals surface area (Å²) >= 11 is 4.99. The van der Waals surface area contributed by atoms with Crippen molar-refractivity contribution in [2.75, 3.05) is 36.8 Å². The molecule has 7 heteroatoms. The lowest BCUT2D eigenvalue weighted by Crippen LogP contribution is -2.49. The van der Waals surface area contributed by atoms with E-state index in [-0.39, 0.29) is 5.91 Å². The monoisotopic (exact) mass is 406 g/mol. The van der Waals surface area contributed by atoms with E-state index in [0.29, 0.717) is 6.42 Å². The number of halogens is 1. The van der Waals surface area contributed by atoms with Gasteiger partial charge in [-0.2, -0.15) is 0 Å². The fourth-order valence-corrected chi connectivity index (χ4v) is 3.59. The molecule has 126 valence electrons. The third-order valence-corrected chi connectivity index (χ3v) is 5.29. The standard InChI is InChI=1S/C17H19BrN4OS/c18-14-4-5-16(20-13-14)24-12-6-17(23)22-10-8-21(9-11-22)15-3-1-2-7-19-15/h1-5,7,13H,6,8-12H2. The predicted molar refractivity (Wildman–Crippen MR) is 100 cm³/mol. The minimum atomic E-state index is 0.222. The van der Waals surface area contributed by atoms with Gasteiger partial charge in [-0.05, 0) is 40.2 Å². The lowest BCUT2D eigenvalue weighted by molar-refractivity contribution is -0.131. The average Bonchev–Trinajstić information content (AvgIpc) is 2.64. The SMILES string of the molecule is O=C(CCSc1ccc(Br)cn1)N1CCN(c2ccccn2)CC1. The van der Waals surface area contributed by atoms with E-state index in [0.717, 1.165) is 47.2 Å². The lowest BCUT2D eigenvalue weighted by atomic mass is 10.3. The summed E-state index contributed by atoms with van der Waals surface area (Å²) in [4.78, 5) is 25.2. The minimum absolute atomic E-state index is 0.222. The zero-order valence-corrected chi connectivity index (χ0v) is 15.7. The van der Waals surface area contributed by atoms with Crippen LogP contribution in [-0.2, 0) is 4.79 Å². The van der Waals surface area contributed by atoms with Gasteiger partial charge in [0.2, 0.25) is 5.91 Å². The third kappa shape index (κ3) is 4.70. The summed E-state index contributed by atoms with van der Waals surface area (Å²) < 4.78 is 0.966. The van der Waals surface area contributed by atoms with Crippen molar-refractivity contribution in [2.45, 2.75) is 11.4 Å². The number of thioether (sulfide) groups is 1. The van der Waals surface area contributed by atoms with Crippen LogP contribution in [0.1, 0.15) is 6.42 Å². The van der Waals surface area contributed by atoms with Crippen molar-refractivity contribution in [3.8, 4) is 0 Å². The van der Waals surface area contributed by atoms with Gasteiger partial charge < -0.3 is 9.80 Å². The van der Waals surface area contributed by atoms with Gasteiger partial charge in [-0.25, -0.2) is 9.97 Å². The highest BCUT2D eigenvalue weighted by Crippen LogP contribution is 2.19. The molecular formula is C17H19BrN4OS. The molecule has 0 aliphatic carbocycles. The van der Waals surface area contributed by atoms with Crippen molar-refractivity contribution in [3.05, 3.63) is 47.2 Å². The Morgan fingerprint density at radius 1 is 1.12 bits per heavy atom. The summed E-state index contributed by atoms with van der Waals surface area (Å²) in [5.74, 6) is 1.97. The number of rotatable bonds is 5. The first-order valence-electron chi connectivity index (χ1n) is 7.90. The smallest absolute Gasteiger partial charge is 0.223 e. The summed E-state index contributed by atoms with van der Waals surface area (Å²) in [6.07, 6.45) is 4.13. The van der Waals surface area contributed by atoms with E-state index < -0.39 is 0 Å². The summed E-state index contributed by atoms with van der Waals surface area (Å²) in [7, 11) is 0. The minimum Gasteiger partial charge on any atom is -0.353 e. The second-order valence-electron chi connectivity index (χ2n) is 5.47. The van der Waals surface area contributed by atoms with Gasteiger partial charge in [-0.3, -0.25) is 4.79 Å². The third-order valence-electron chi connectivity index (χ3n) is 3.87. The van der Waals surface area contributed by atoms with Gasteiger partial charge in [0.25, 0.3) is 0 Å². The van der Waals surface area contributed by atoms with Crippen LogP contribution >= 0.6 is 27.7 Å². The number of piperazine rings is 1. The zero-order chi connectivity index (χ0) is 16.8. The molecular weight excluding hydrogens is 388 g/mol. The van der Waals surface area contributed by atoms with Gasteiger partial charge >= 0.3 is 0 Å². The van der Waals surface area contributed by atoms with Gasteiger partial charge in [-0.15, -0.1) is 11.8 Å². The van der Waals surface area contributed by atoms with Gasteiger partial charge in [-0.1, -0.05) is 6.07 Å². The Kier molecular flexibility index (Phi) is 6.09. The normalized spacial score (nSPS) is 14.7. The van der Waals surface area contributed by atoms with Crippen LogP contribution in [0, 0.1) is 0 Å². The molecule has 5 nitrogen and oxygen atoms in total. The first kappa shape index (κ1) is 17.2. The van der Waals surface area contributed by atoms with Crippen LogP contribution in [0.2, 0.25) is 0 Å². The maximum atomic E-state index is 12.3. The molecule has 3 rings (SSSR count). The molecule has 0 N–H and O–H groups in total. The highest BCUT2D eigenvalue weighted by molar-refractivity contribution is 9.10. The Bertz CT molecular complexity index is 660. The molecule has 24 heavy (non-hydrogen) atoms. The van der Waals surface area contributed by atoms with E-state index in [1.165, 1.54) is 0 Å². The number of amides is 1. The van der Waals surface area contributed by atoms with Crippen LogP contribution in [0.5, 0.6) is 0 Å². The van der Waals surface area contributed by atoms with Gasteiger partial charge in [0.1, 0.15) is 5.82 Å². The maximum absolute atomic E-state index is 12.3. The van der Waals surface area contributed by atoms with Crippen LogP contribution in [-0.4, -0.2) is 52.7 Å². The van der Waals surface area contributed by atoms with Crippen LogP contribution in [0.3, 0.4) is 0 Å². The topological polar surface area (TPSA) is 49.3 Å². The predicted octanol–water partition coefficient (Wildman–Crippen LogP) is 3.07. The van der Waals surface area contributed by atoms with Crippen molar-refractivity contribution in [1.82, 2.24) is 14.9 Å². The van der Waals surface area contributed by atoms with E-state index in [2.05, 4.69) is 30.8 Å². The van der Waals surface area contributed by atoms with Crippen LogP contribution in [0.4, 0.5) is 5.82 Å². The number of pyridine rings is 2. The molecule has 0 saturated carbocycles. The number of nitrogens with zero attached hydrogens (tertiary/aromatic N) is 4. The summed E-state index contributed by atoms with van der Waals surface area (Å²) in [6.45, 7) is 3.20. The highest BCUT2D eigenvalue weighted by atomic mass is 79.9. The first-order chi connectivity index (χ1) is 11.7. The van der Waals surface area contributed by atoms with Crippen LogP contribution in [0.15, 0.2) is 52.2 Å². The fourth-order valence-electron chi connectivity index (χ4n) is 2.57. The number of carbonyl (C=O) groups is 1. The van der Waals surface area contributed by atoms with Crippen LogP contribution < -0.4 is 4.90 Å². The summed E-state index contributed by atoms with van der Waals surface area (Å²) in [5, 5.41) is 0.950. The van der Waals surface area contributed by atoms with E-state index >= 15 is 0 Å². The molecule has 1 aliphatic rings. The number of aromatic nitrogens is 2. The second-order valence-corrected chi connectivity index (χ2v) is 7.50. The average molecular weight is 407 g/mol. The molecule has 1 saturated heterocycles. The number of hydrogen-bond acceptors (Lipinski definition) is 5. The molecule has 0 atom stereocenters. The first-order valence-corrected chi connectivity index (χ1v) is 9.68. The zero-order valence-electron chi connectivity index (χ0n) is 13.3. The van der Waals surface area contributed by atoms with Crippen molar-refractivity contribution in [2.24, 2.45) is 0 Å². The Labute approximate surface area is 154 Å². The molecule has 2 aromatic heterocycles. The maximum Gasteiger partial charge on any atom is 0.223 e. The molecule has 0 spiro atoms. The van der Waals surface area contributed by atoms with E-state index in [4.69, 9.17) is 0 Å². The number of anilines is 1. The molecule has 1 amide bonds. The molecule has 0 aromatic carbocycles. The van der Waals surface area contributed by atoms with E-state index in [1.807, 2.05) is 35.2 Å². The van der Waals surface area contributed by atoms with Crippen molar-refractivity contribution in [3.63, 3.8) is 0 Å². The Morgan fingerprint density at radius 3 is 2.62 bits per heavy atom. The molecule has 0 bridgehead atoms. The van der Waals surface area contributed by atoms with Gasteiger partial charge in [0.15, 0.2) is 0 Å². The molecule has 1 aliphatic heterocycles. The molecule has 2 aromatic rings. The lowest BCUT2D eigenvalue weighted by Gasteiger charge is -2.35. The van der Waals surface area contributed by atoms with Gasteiger partial charge in [0, 0.05) is 55.2 Å². The molecule has 0 unspecified atom stereocenters. The van der Waals surface area contributed by atoms with Gasteiger partial charge in [0.05, 0.1) is 5.03 Å². The molecule has 3 heterocycles. The van der Waals surface area contributed by atoms with Crippen LogP contribution in [0.25, 0.3) is 0 Å². The Morgan fingerprint density at radius 2 is 1.96 bits per heavy atom. The molecule has 1 fully saturated rings. The number of hydrogen-bond donors (Lipinski definition) is 0. The Hall–Kier alpha value is -1.60. The van der Waals surface area contributed by atoms with Crippen molar-refractivity contribution < 1.29 is 4.79 Å². The molecule has 0 radical (unpaired) electrons. The fraction of sp³-hybridized carbons (Fsp3) is 0.353. The largest absolute Gasteiger partial charge is 0.353 e. The summed E-state index contributed by atoms with van der Waals surface area (Å²) in [6, 6.07) is 9.85. The number of carbonyl (C=O) groups excluding carboxylic acids is 1. The Balaban J connectivity index is 1.41.